The van der Waals surface area contributed by atoms with E-state index in [4.69, 9.17) is 16.3 Å². The second-order valence-electron chi connectivity index (χ2n) is 6.92. The Kier molecular flexibility index (Phi) is 5.54. The average molecular weight is 335 g/mol. The van der Waals surface area contributed by atoms with E-state index >= 15 is 0 Å². The predicted molar refractivity (Wildman–Crippen MR) is 91.8 cm³/mol. The highest BCUT2D eigenvalue weighted by atomic mass is 35.5. The van der Waals surface area contributed by atoms with E-state index in [1.807, 2.05) is 20.8 Å². The minimum absolute atomic E-state index is 0.0455. The highest BCUT2D eigenvalue weighted by molar-refractivity contribution is 6.31. The molecule has 1 amide bonds. The Morgan fingerprint density at radius 3 is 2.52 bits per heavy atom. The molecule has 1 saturated carbocycles. The Bertz CT molecular complexity index is 610. The van der Waals surface area contributed by atoms with Crippen molar-refractivity contribution in [3.8, 4) is 6.07 Å². The van der Waals surface area contributed by atoms with Crippen LogP contribution in [0.25, 0.3) is 0 Å². The van der Waals surface area contributed by atoms with Gasteiger partial charge in [0.15, 0.2) is 0 Å². The van der Waals surface area contributed by atoms with Crippen LogP contribution in [0.1, 0.15) is 58.4 Å². The van der Waals surface area contributed by atoms with E-state index in [1.165, 1.54) is 6.42 Å². The van der Waals surface area contributed by atoms with Crippen molar-refractivity contribution in [1.29, 1.82) is 5.26 Å². The molecule has 124 valence electrons. The summed E-state index contributed by atoms with van der Waals surface area (Å²) < 4.78 is 5.58. The lowest BCUT2D eigenvalue weighted by Crippen LogP contribution is -2.45. The summed E-state index contributed by atoms with van der Waals surface area (Å²) >= 11 is 6.11. The lowest BCUT2D eigenvalue weighted by atomic mass is 9.93. The first kappa shape index (κ1) is 17.6. The van der Waals surface area contributed by atoms with Gasteiger partial charge in [0.25, 0.3) is 0 Å². The lowest BCUT2D eigenvalue weighted by Gasteiger charge is -2.36. The number of anilines is 1. The molecule has 0 unspecified atom stereocenters. The molecule has 0 saturated heterocycles. The molecule has 1 aliphatic rings. The second kappa shape index (κ2) is 7.23. The molecular weight excluding hydrogens is 312 g/mol. The summed E-state index contributed by atoms with van der Waals surface area (Å²) in [5, 5.41) is 9.90. The summed E-state index contributed by atoms with van der Waals surface area (Å²) in [6.45, 7) is 5.52. The topological polar surface area (TPSA) is 53.3 Å². The number of hydrogen-bond donors (Lipinski definition) is 0. The maximum atomic E-state index is 12.8. The van der Waals surface area contributed by atoms with E-state index in [0.717, 1.165) is 25.7 Å². The molecular formula is C18H23ClN2O2. The van der Waals surface area contributed by atoms with Crippen molar-refractivity contribution < 1.29 is 9.53 Å². The molecule has 1 aromatic carbocycles. The van der Waals surface area contributed by atoms with Gasteiger partial charge in [-0.3, -0.25) is 4.90 Å². The summed E-state index contributed by atoms with van der Waals surface area (Å²) in [4.78, 5) is 14.4. The lowest BCUT2D eigenvalue weighted by molar-refractivity contribution is 0.0558. The van der Waals surface area contributed by atoms with Crippen molar-refractivity contribution >= 4 is 23.4 Å². The maximum Gasteiger partial charge on any atom is 0.415 e. The molecule has 0 bridgehead atoms. The number of nitriles is 1. The Hall–Kier alpha value is -1.73. The van der Waals surface area contributed by atoms with Crippen LogP contribution in [0.15, 0.2) is 18.2 Å². The number of amides is 1. The number of carbonyl (C=O) groups excluding carboxylic acids is 1. The zero-order valence-electron chi connectivity index (χ0n) is 13.9. The second-order valence-corrected chi connectivity index (χ2v) is 7.35. The number of ether oxygens (including phenoxy) is 1. The number of rotatable bonds is 2. The van der Waals surface area contributed by atoms with Gasteiger partial charge in [-0.2, -0.15) is 5.26 Å². The van der Waals surface area contributed by atoms with E-state index < -0.39 is 11.7 Å². The first-order valence-electron chi connectivity index (χ1n) is 8.03. The largest absolute Gasteiger partial charge is 0.443 e. The van der Waals surface area contributed by atoms with Crippen LogP contribution >= 0.6 is 11.6 Å². The molecule has 5 heteroatoms. The SMILES string of the molecule is CC(C)(C)OC(=O)N(c1cc(Cl)ccc1C#N)C1CCCCC1. The third-order valence-corrected chi connectivity index (χ3v) is 4.10. The minimum Gasteiger partial charge on any atom is -0.443 e. The molecule has 0 aliphatic heterocycles. The van der Waals surface area contributed by atoms with Gasteiger partial charge in [-0.25, -0.2) is 4.79 Å². The predicted octanol–water partition coefficient (Wildman–Crippen LogP) is 5.29. The van der Waals surface area contributed by atoms with Gasteiger partial charge in [0, 0.05) is 11.1 Å². The summed E-state index contributed by atoms with van der Waals surface area (Å²) in [7, 11) is 0. The normalized spacial score (nSPS) is 15.8. The zero-order valence-corrected chi connectivity index (χ0v) is 14.7. The molecule has 0 spiro atoms. The molecule has 1 aliphatic carbocycles. The maximum absolute atomic E-state index is 12.8. The minimum atomic E-state index is -0.588. The smallest absolute Gasteiger partial charge is 0.415 e. The zero-order chi connectivity index (χ0) is 17.0. The Balaban J connectivity index is 2.43. The van der Waals surface area contributed by atoms with E-state index in [9.17, 15) is 10.1 Å². The number of halogens is 1. The van der Waals surface area contributed by atoms with Crippen LogP contribution in [0.3, 0.4) is 0 Å². The van der Waals surface area contributed by atoms with E-state index in [2.05, 4.69) is 6.07 Å². The number of hydrogen-bond acceptors (Lipinski definition) is 3. The summed E-state index contributed by atoms with van der Waals surface area (Å²) in [5.41, 5.74) is 0.391. The van der Waals surface area contributed by atoms with Crippen molar-refractivity contribution in [2.75, 3.05) is 4.90 Å². The molecule has 1 fully saturated rings. The quantitative estimate of drug-likeness (QED) is 0.738. The van der Waals surface area contributed by atoms with Gasteiger partial charge < -0.3 is 4.74 Å². The third-order valence-electron chi connectivity index (χ3n) is 3.87. The third kappa shape index (κ3) is 4.62. The van der Waals surface area contributed by atoms with Crippen molar-refractivity contribution in [3.63, 3.8) is 0 Å². The van der Waals surface area contributed by atoms with Crippen molar-refractivity contribution in [3.05, 3.63) is 28.8 Å². The van der Waals surface area contributed by atoms with Crippen molar-refractivity contribution in [2.24, 2.45) is 0 Å². The van der Waals surface area contributed by atoms with Crippen LogP contribution in [-0.4, -0.2) is 17.7 Å². The number of benzene rings is 1. The van der Waals surface area contributed by atoms with Crippen LogP contribution in [-0.2, 0) is 4.74 Å². The molecule has 0 N–H and O–H groups in total. The highest BCUT2D eigenvalue weighted by Gasteiger charge is 2.32. The first-order chi connectivity index (χ1) is 10.8. The molecule has 0 heterocycles. The molecule has 23 heavy (non-hydrogen) atoms. The monoisotopic (exact) mass is 334 g/mol. The van der Waals surface area contributed by atoms with Crippen LogP contribution in [0, 0.1) is 11.3 Å². The summed E-state index contributed by atoms with van der Waals surface area (Å²) in [5.74, 6) is 0. The fourth-order valence-corrected chi connectivity index (χ4v) is 3.06. The molecule has 0 aromatic heterocycles. The van der Waals surface area contributed by atoms with Gasteiger partial charge in [0.1, 0.15) is 11.7 Å². The standard InChI is InChI=1S/C18H23ClN2O2/c1-18(2,3)23-17(22)21(15-7-5-4-6-8-15)16-11-14(19)10-9-13(16)12-20/h9-11,15H,4-8H2,1-3H3. The van der Waals surface area contributed by atoms with Gasteiger partial charge in [-0.1, -0.05) is 30.9 Å². The molecule has 4 nitrogen and oxygen atoms in total. The van der Waals surface area contributed by atoms with E-state index in [0.29, 0.717) is 16.3 Å². The number of carbonyl (C=O) groups is 1. The van der Waals surface area contributed by atoms with Gasteiger partial charge in [0.2, 0.25) is 0 Å². The van der Waals surface area contributed by atoms with Crippen LogP contribution in [0.2, 0.25) is 5.02 Å². The Labute approximate surface area is 143 Å². The van der Waals surface area contributed by atoms with Gasteiger partial charge in [-0.15, -0.1) is 0 Å². The fraction of sp³-hybridized carbons (Fsp3) is 0.556. The highest BCUT2D eigenvalue weighted by Crippen LogP contribution is 2.32. The van der Waals surface area contributed by atoms with Gasteiger partial charge in [0.05, 0.1) is 11.3 Å². The summed E-state index contributed by atoms with van der Waals surface area (Å²) in [6, 6.07) is 7.19. The fourth-order valence-electron chi connectivity index (χ4n) is 2.89. The van der Waals surface area contributed by atoms with Crippen molar-refractivity contribution in [2.45, 2.75) is 64.5 Å². The first-order valence-corrected chi connectivity index (χ1v) is 8.41. The molecule has 1 aromatic rings. The Morgan fingerprint density at radius 2 is 1.96 bits per heavy atom. The van der Waals surface area contributed by atoms with Crippen LogP contribution < -0.4 is 4.90 Å². The number of nitrogens with zero attached hydrogens (tertiary/aromatic N) is 2. The molecule has 0 radical (unpaired) electrons. The molecule has 0 atom stereocenters. The summed E-state index contributed by atoms with van der Waals surface area (Å²) in [6.07, 6.45) is 4.74. The Morgan fingerprint density at radius 1 is 1.30 bits per heavy atom. The van der Waals surface area contributed by atoms with Gasteiger partial charge >= 0.3 is 6.09 Å². The van der Waals surface area contributed by atoms with Crippen molar-refractivity contribution in [1.82, 2.24) is 0 Å². The van der Waals surface area contributed by atoms with E-state index in [-0.39, 0.29) is 6.04 Å². The van der Waals surface area contributed by atoms with E-state index in [1.54, 1.807) is 23.1 Å². The van der Waals surface area contributed by atoms with Gasteiger partial charge in [-0.05, 0) is 51.8 Å². The average Bonchev–Trinajstić information content (AvgIpc) is 2.47. The molecule has 2 rings (SSSR count). The van der Waals surface area contributed by atoms with Crippen LogP contribution in [0.4, 0.5) is 10.5 Å². The van der Waals surface area contributed by atoms with Crippen LogP contribution in [0.5, 0.6) is 0 Å².